The zero-order chi connectivity index (χ0) is 26.7. The van der Waals surface area contributed by atoms with Crippen LogP contribution in [0, 0.1) is 0 Å². The molecule has 0 spiro atoms. The number of aliphatic carboxylic acids is 2. The molecule has 4 N–H and O–H groups in total. The second-order valence-electron chi connectivity index (χ2n) is 10.1. The molecule has 35 heavy (non-hydrogen) atoms. The Labute approximate surface area is 223 Å². The molecule has 0 heterocycles. The summed E-state index contributed by atoms with van der Waals surface area (Å²) in [4.78, 5) is 19.5. The van der Waals surface area contributed by atoms with Gasteiger partial charge in [-0.25, -0.2) is 9.59 Å². The molecule has 0 aliphatic carbocycles. The Morgan fingerprint density at radius 1 is 0.486 bits per heavy atom. The molecule has 2 unspecified atom stereocenters. The van der Waals surface area contributed by atoms with Gasteiger partial charge in [0.05, 0.1) is 0 Å². The number of unbranched alkanes of at least 4 members (excludes halogenated alkanes) is 15. The third-order valence-corrected chi connectivity index (χ3v) is 17.2. The van der Waals surface area contributed by atoms with E-state index in [9.17, 15) is 9.59 Å². The van der Waals surface area contributed by atoms with Crippen molar-refractivity contribution >= 4 is 31.7 Å². The maximum absolute atomic E-state index is 9.77. The molecule has 0 saturated carbocycles. The van der Waals surface area contributed by atoms with Gasteiger partial charge in [-0.1, -0.05) is 0 Å². The summed E-state index contributed by atoms with van der Waals surface area (Å²) in [5, 5.41) is 32.5. The number of hydrogen-bond donors (Lipinski definition) is 4. The second kappa shape index (κ2) is 28.2. The van der Waals surface area contributed by atoms with Crippen LogP contribution < -0.4 is 0 Å². The summed E-state index contributed by atoms with van der Waals surface area (Å²) >= 11 is -1.16. The fraction of sp³-hybridized carbons (Fsp3) is 0.929. The van der Waals surface area contributed by atoms with Gasteiger partial charge in [-0.15, -0.1) is 0 Å². The Morgan fingerprint density at radius 2 is 0.714 bits per heavy atom. The van der Waals surface area contributed by atoms with Crippen molar-refractivity contribution in [1.29, 1.82) is 0 Å². The van der Waals surface area contributed by atoms with Gasteiger partial charge in [-0.3, -0.25) is 0 Å². The summed E-state index contributed by atoms with van der Waals surface area (Å²) in [7, 11) is 0. The molecular formula is C28H58O6Sn. The number of aliphatic hydroxyl groups excluding tert-OH is 2. The Balaban J connectivity index is 0. The van der Waals surface area contributed by atoms with Crippen LogP contribution >= 0.6 is 0 Å². The first kappa shape index (κ1) is 36.8. The van der Waals surface area contributed by atoms with E-state index in [0.29, 0.717) is 0 Å². The van der Waals surface area contributed by atoms with Crippen molar-refractivity contribution in [3.63, 3.8) is 0 Å². The zero-order valence-corrected chi connectivity index (χ0v) is 26.5. The molecular weight excluding hydrogens is 551 g/mol. The second-order valence-corrected chi connectivity index (χ2v) is 20.0. The minimum atomic E-state index is -2.27. The Bertz CT molecular complexity index is 418. The molecule has 7 heteroatoms. The maximum Gasteiger partial charge on any atom is 0.335 e. The van der Waals surface area contributed by atoms with Crippen molar-refractivity contribution in [2.75, 3.05) is 0 Å². The van der Waals surface area contributed by atoms with E-state index in [-0.39, 0.29) is 0 Å². The number of carboxylic acids is 2. The predicted molar refractivity (Wildman–Crippen MR) is 149 cm³/mol. The quantitative estimate of drug-likeness (QED) is 0.0682. The SMILES string of the molecule is CCCCCCC[CH2][SnH]([CH2]CCCCCCC)[CH2]CCCCCCC.O=C(O)C(O)C(O)C(=O)O. The molecule has 210 valence electrons. The van der Waals surface area contributed by atoms with Gasteiger partial charge in [0.25, 0.3) is 0 Å². The van der Waals surface area contributed by atoms with E-state index >= 15 is 0 Å². The van der Waals surface area contributed by atoms with Gasteiger partial charge in [-0.2, -0.15) is 0 Å². The van der Waals surface area contributed by atoms with Crippen LogP contribution in [0.2, 0.25) is 13.3 Å². The van der Waals surface area contributed by atoms with Crippen LogP contribution in [-0.2, 0) is 9.59 Å². The van der Waals surface area contributed by atoms with Crippen LogP contribution in [0.3, 0.4) is 0 Å². The number of hydrogen-bond acceptors (Lipinski definition) is 4. The molecule has 0 aromatic rings. The average Bonchev–Trinajstić information content (AvgIpc) is 2.84. The summed E-state index contributed by atoms with van der Waals surface area (Å²) in [6.45, 7) is 6.98. The Morgan fingerprint density at radius 3 is 0.943 bits per heavy atom. The monoisotopic (exact) mass is 610 g/mol. The number of rotatable bonds is 24. The molecule has 0 fully saturated rings. The van der Waals surface area contributed by atoms with Crippen LogP contribution in [0.5, 0.6) is 0 Å². The number of carbonyl (C=O) groups is 2. The van der Waals surface area contributed by atoms with Gasteiger partial charge in [-0.05, 0) is 0 Å². The first-order chi connectivity index (χ1) is 16.8. The maximum atomic E-state index is 9.77. The van der Waals surface area contributed by atoms with E-state index in [0.717, 1.165) is 0 Å². The summed E-state index contributed by atoms with van der Waals surface area (Å²) in [6, 6.07) is 0. The van der Waals surface area contributed by atoms with Gasteiger partial charge in [0.1, 0.15) is 0 Å². The Hall–Kier alpha value is -0.341. The molecule has 0 aliphatic heterocycles. The molecule has 0 amide bonds. The molecule has 0 aliphatic rings. The smallest absolute Gasteiger partial charge is 0.335 e. The van der Waals surface area contributed by atoms with Crippen LogP contribution in [0.15, 0.2) is 0 Å². The van der Waals surface area contributed by atoms with Gasteiger partial charge in [0.2, 0.25) is 0 Å². The number of carboxylic acid groups (broad SMARTS) is 2. The third kappa shape index (κ3) is 26.5. The molecule has 0 radical (unpaired) electrons. The van der Waals surface area contributed by atoms with Crippen LogP contribution in [-0.4, -0.2) is 64.3 Å². The molecule has 0 aromatic heterocycles. The summed E-state index contributed by atoms with van der Waals surface area (Å²) < 4.78 is 5.20. The van der Waals surface area contributed by atoms with Crippen molar-refractivity contribution in [3.8, 4) is 0 Å². The first-order valence-corrected chi connectivity index (χ1v) is 21.6. The van der Waals surface area contributed by atoms with Gasteiger partial charge >= 0.3 is 181 Å². The van der Waals surface area contributed by atoms with Gasteiger partial charge in [0, 0.05) is 0 Å². The largest absolute Gasteiger partial charge is 0.479 e. The summed E-state index contributed by atoms with van der Waals surface area (Å²) in [5.41, 5.74) is 0. The fourth-order valence-electron chi connectivity index (χ4n) is 4.34. The van der Waals surface area contributed by atoms with Crippen LogP contribution in [0.4, 0.5) is 0 Å². The third-order valence-electron chi connectivity index (χ3n) is 6.70. The van der Waals surface area contributed by atoms with Crippen molar-refractivity contribution < 1.29 is 30.0 Å². The van der Waals surface area contributed by atoms with Crippen molar-refractivity contribution in [1.82, 2.24) is 0 Å². The van der Waals surface area contributed by atoms with Crippen molar-refractivity contribution in [2.45, 2.75) is 162 Å². The average molecular weight is 609 g/mol. The molecule has 0 rings (SSSR count). The van der Waals surface area contributed by atoms with E-state index in [1.54, 1.807) is 51.8 Å². The summed E-state index contributed by atoms with van der Waals surface area (Å²) in [6.07, 6.45) is 22.4. The fourth-order valence-corrected chi connectivity index (χ4v) is 14.2. The topological polar surface area (TPSA) is 115 Å². The first-order valence-electron chi connectivity index (χ1n) is 14.6. The van der Waals surface area contributed by atoms with Crippen LogP contribution in [0.1, 0.15) is 136 Å². The molecule has 2 atom stereocenters. The predicted octanol–water partition coefficient (Wildman–Crippen LogP) is 7.17. The minimum absolute atomic E-state index is 1.16. The molecule has 0 bridgehead atoms. The zero-order valence-electron chi connectivity index (χ0n) is 23.2. The van der Waals surface area contributed by atoms with Crippen molar-refractivity contribution in [3.05, 3.63) is 0 Å². The Kier molecular flexibility index (Phi) is 29.7. The summed E-state index contributed by atoms with van der Waals surface area (Å²) in [5.74, 6) is -3.54. The van der Waals surface area contributed by atoms with E-state index in [4.69, 9.17) is 20.4 Å². The standard InChI is InChI=1S/3C8H17.C4H6O6.Sn.H/c3*1-3-5-7-8-6-4-2;5-1(3(7)8)2(6)4(9)10;;/h3*1,3-8H2,2H3;1-2,5-6H,(H,7,8)(H,9,10);;. The van der Waals surface area contributed by atoms with Gasteiger partial charge in [0.15, 0.2) is 12.2 Å². The molecule has 0 aromatic carbocycles. The van der Waals surface area contributed by atoms with Crippen molar-refractivity contribution in [2.24, 2.45) is 0 Å². The minimum Gasteiger partial charge on any atom is -0.479 e. The normalized spacial score (nSPS) is 12.7. The molecule has 6 nitrogen and oxygen atoms in total. The van der Waals surface area contributed by atoms with E-state index in [1.807, 2.05) is 0 Å². The molecule has 0 saturated heterocycles. The van der Waals surface area contributed by atoms with E-state index < -0.39 is 43.9 Å². The van der Waals surface area contributed by atoms with Crippen LogP contribution in [0.25, 0.3) is 0 Å². The van der Waals surface area contributed by atoms with E-state index in [1.165, 1.54) is 77.0 Å². The van der Waals surface area contributed by atoms with E-state index in [2.05, 4.69) is 20.8 Å². The van der Waals surface area contributed by atoms with Gasteiger partial charge < -0.3 is 20.4 Å². The number of aliphatic hydroxyl groups is 2.